The van der Waals surface area contributed by atoms with E-state index in [0.29, 0.717) is 5.92 Å². The molecule has 4 heteroatoms. The van der Waals surface area contributed by atoms with Gasteiger partial charge in [0.15, 0.2) is 0 Å². The third-order valence-corrected chi connectivity index (χ3v) is 5.75. The average Bonchev–Trinajstić information content (AvgIpc) is 3.25. The van der Waals surface area contributed by atoms with Gasteiger partial charge in [-0.1, -0.05) is 19.8 Å². The molecule has 3 rings (SSSR count). The molecule has 21 heavy (non-hydrogen) atoms. The molecule has 2 atom stereocenters. The van der Waals surface area contributed by atoms with E-state index >= 15 is 0 Å². The highest BCUT2D eigenvalue weighted by atomic mass is 16.4. The van der Waals surface area contributed by atoms with E-state index in [4.69, 9.17) is 0 Å². The smallest absolute Gasteiger partial charge is 0.310 e. The Bertz CT molecular complexity index is 375. The summed E-state index contributed by atoms with van der Waals surface area (Å²) in [5, 5.41) is 9.78. The number of hydrogen-bond donors (Lipinski definition) is 1. The van der Waals surface area contributed by atoms with E-state index < -0.39 is 11.4 Å². The second-order valence-electron chi connectivity index (χ2n) is 7.81. The van der Waals surface area contributed by atoms with Gasteiger partial charge < -0.3 is 10.0 Å². The highest BCUT2D eigenvalue weighted by Crippen LogP contribution is 2.40. The van der Waals surface area contributed by atoms with Crippen LogP contribution in [0.4, 0.5) is 0 Å². The highest BCUT2D eigenvalue weighted by molar-refractivity contribution is 5.75. The zero-order valence-electron chi connectivity index (χ0n) is 13.4. The molecule has 1 aliphatic heterocycles. The Balaban J connectivity index is 1.53. The van der Waals surface area contributed by atoms with Gasteiger partial charge in [0.05, 0.1) is 5.41 Å². The molecule has 1 N–H and O–H groups in total. The van der Waals surface area contributed by atoms with Crippen molar-refractivity contribution in [1.82, 2.24) is 9.80 Å². The Morgan fingerprint density at radius 2 is 1.81 bits per heavy atom. The first kappa shape index (κ1) is 15.3. The van der Waals surface area contributed by atoms with E-state index in [1.54, 1.807) is 0 Å². The van der Waals surface area contributed by atoms with Gasteiger partial charge in [-0.25, -0.2) is 0 Å². The lowest BCUT2D eigenvalue weighted by molar-refractivity contribution is -0.154. The summed E-state index contributed by atoms with van der Waals surface area (Å²) in [6.45, 7) is 8.61. The fourth-order valence-electron chi connectivity index (χ4n) is 4.29. The maximum absolute atomic E-state index is 11.9. The summed E-state index contributed by atoms with van der Waals surface area (Å²) in [5.74, 6) is 0.960. The maximum Gasteiger partial charge on any atom is 0.310 e. The molecular formula is C17H30N2O2. The predicted molar refractivity (Wildman–Crippen MR) is 83.3 cm³/mol. The van der Waals surface area contributed by atoms with E-state index in [0.717, 1.165) is 57.9 Å². The van der Waals surface area contributed by atoms with Crippen molar-refractivity contribution in [3.05, 3.63) is 0 Å². The number of nitrogens with zero attached hydrogens (tertiary/aromatic N) is 2. The molecule has 0 aromatic carbocycles. The van der Waals surface area contributed by atoms with Crippen molar-refractivity contribution in [2.24, 2.45) is 17.3 Å². The molecule has 2 saturated carbocycles. The van der Waals surface area contributed by atoms with Gasteiger partial charge in [0.1, 0.15) is 0 Å². The molecular weight excluding hydrogens is 264 g/mol. The summed E-state index contributed by atoms with van der Waals surface area (Å²) in [6, 6.07) is 0. The molecule has 0 bridgehead atoms. The minimum absolute atomic E-state index is 0.476. The van der Waals surface area contributed by atoms with Crippen LogP contribution in [0.3, 0.4) is 0 Å². The van der Waals surface area contributed by atoms with Gasteiger partial charge in [0.2, 0.25) is 0 Å². The van der Waals surface area contributed by atoms with E-state index in [1.165, 1.54) is 25.8 Å². The molecule has 1 saturated heterocycles. The van der Waals surface area contributed by atoms with Crippen LogP contribution in [0.25, 0.3) is 0 Å². The summed E-state index contributed by atoms with van der Waals surface area (Å²) in [5.41, 5.74) is -0.476. The third-order valence-electron chi connectivity index (χ3n) is 5.75. The Kier molecular flexibility index (Phi) is 4.55. The number of aliphatic carboxylic acids is 1. The first-order valence-electron chi connectivity index (χ1n) is 8.75. The SMILES string of the molecule is CC1CCCC(CN2CCN(CC3CC3)CC2)(C(=O)O)C1. The Morgan fingerprint density at radius 1 is 1.14 bits per heavy atom. The maximum atomic E-state index is 11.9. The van der Waals surface area contributed by atoms with Gasteiger partial charge in [0.25, 0.3) is 0 Å². The van der Waals surface area contributed by atoms with Crippen molar-refractivity contribution in [2.75, 3.05) is 39.3 Å². The molecule has 2 unspecified atom stereocenters. The quantitative estimate of drug-likeness (QED) is 0.845. The summed E-state index contributed by atoms with van der Waals surface area (Å²) in [7, 11) is 0. The van der Waals surface area contributed by atoms with E-state index in [2.05, 4.69) is 16.7 Å². The molecule has 0 spiro atoms. The highest BCUT2D eigenvalue weighted by Gasteiger charge is 2.43. The Morgan fingerprint density at radius 3 is 2.38 bits per heavy atom. The lowest BCUT2D eigenvalue weighted by Gasteiger charge is -2.43. The molecule has 0 radical (unpaired) electrons. The fraction of sp³-hybridized carbons (Fsp3) is 0.941. The average molecular weight is 294 g/mol. The van der Waals surface area contributed by atoms with Gasteiger partial charge >= 0.3 is 5.97 Å². The van der Waals surface area contributed by atoms with Crippen LogP contribution in [-0.2, 0) is 4.79 Å². The third kappa shape index (κ3) is 3.78. The lowest BCUT2D eigenvalue weighted by atomic mass is 9.69. The topological polar surface area (TPSA) is 43.8 Å². The Labute approximate surface area is 128 Å². The molecule has 3 fully saturated rings. The second kappa shape index (κ2) is 6.25. The fourth-order valence-corrected chi connectivity index (χ4v) is 4.29. The number of carboxylic acid groups (broad SMARTS) is 1. The van der Waals surface area contributed by atoms with Crippen LogP contribution in [0.1, 0.15) is 45.4 Å². The molecule has 0 aromatic heterocycles. The number of carbonyl (C=O) groups is 1. The van der Waals surface area contributed by atoms with Crippen molar-refractivity contribution in [1.29, 1.82) is 0 Å². The van der Waals surface area contributed by atoms with Crippen LogP contribution < -0.4 is 0 Å². The van der Waals surface area contributed by atoms with E-state index in [9.17, 15) is 9.90 Å². The molecule has 4 nitrogen and oxygen atoms in total. The van der Waals surface area contributed by atoms with Gasteiger partial charge in [-0.05, 0) is 37.5 Å². The van der Waals surface area contributed by atoms with Gasteiger partial charge in [0, 0.05) is 39.3 Å². The van der Waals surface area contributed by atoms with Crippen molar-refractivity contribution in [2.45, 2.75) is 45.4 Å². The summed E-state index contributed by atoms with van der Waals surface area (Å²) in [6.07, 6.45) is 6.85. The van der Waals surface area contributed by atoms with Crippen LogP contribution >= 0.6 is 0 Å². The van der Waals surface area contributed by atoms with E-state index in [-0.39, 0.29) is 0 Å². The van der Waals surface area contributed by atoms with Gasteiger partial charge in [-0.2, -0.15) is 0 Å². The normalized spacial score (nSPS) is 35.8. The van der Waals surface area contributed by atoms with E-state index in [1.807, 2.05) is 0 Å². The van der Waals surface area contributed by atoms with Crippen LogP contribution in [0.15, 0.2) is 0 Å². The largest absolute Gasteiger partial charge is 0.481 e. The van der Waals surface area contributed by atoms with Crippen LogP contribution in [0.2, 0.25) is 0 Å². The first-order valence-corrected chi connectivity index (χ1v) is 8.75. The molecule has 0 amide bonds. The molecule has 2 aliphatic carbocycles. The van der Waals surface area contributed by atoms with Crippen molar-refractivity contribution in [3.63, 3.8) is 0 Å². The molecule has 3 aliphatic rings. The monoisotopic (exact) mass is 294 g/mol. The lowest BCUT2D eigenvalue weighted by Crippen LogP contribution is -2.52. The summed E-state index contributed by atoms with van der Waals surface area (Å²) in [4.78, 5) is 16.9. The summed E-state index contributed by atoms with van der Waals surface area (Å²) < 4.78 is 0. The summed E-state index contributed by atoms with van der Waals surface area (Å²) >= 11 is 0. The molecule has 120 valence electrons. The number of carboxylic acids is 1. The van der Waals surface area contributed by atoms with Crippen molar-refractivity contribution >= 4 is 5.97 Å². The zero-order valence-corrected chi connectivity index (χ0v) is 13.4. The van der Waals surface area contributed by atoms with Crippen LogP contribution in [0, 0.1) is 17.3 Å². The minimum Gasteiger partial charge on any atom is -0.481 e. The molecule has 0 aromatic rings. The minimum atomic E-state index is -0.561. The second-order valence-corrected chi connectivity index (χ2v) is 7.81. The van der Waals surface area contributed by atoms with Gasteiger partial charge in [-0.15, -0.1) is 0 Å². The number of rotatable bonds is 5. The first-order chi connectivity index (χ1) is 10.1. The van der Waals surface area contributed by atoms with Crippen molar-refractivity contribution < 1.29 is 9.90 Å². The van der Waals surface area contributed by atoms with Crippen molar-refractivity contribution in [3.8, 4) is 0 Å². The van der Waals surface area contributed by atoms with Crippen LogP contribution in [0.5, 0.6) is 0 Å². The van der Waals surface area contributed by atoms with Gasteiger partial charge in [-0.3, -0.25) is 9.69 Å². The zero-order chi connectivity index (χ0) is 14.9. The van der Waals surface area contributed by atoms with Crippen LogP contribution in [-0.4, -0.2) is 60.1 Å². The Hall–Kier alpha value is -0.610. The standard InChI is InChI=1S/C17H30N2O2/c1-14-3-2-6-17(11-14,16(20)21)13-19-9-7-18(8-10-19)12-15-4-5-15/h14-15H,2-13H2,1H3,(H,20,21). The molecule has 1 heterocycles. The number of piperazine rings is 1. The number of hydrogen-bond acceptors (Lipinski definition) is 3. The predicted octanol–water partition coefficient (Wildman–Crippen LogP) is 2.30.